The number of rotatable bonds is 5. The van der Waals surface area contributed by atoms with E-state index in [4.69, 9.17) is 10.2 Å². The Bertz CT molecular complexity index is 461. The van der Waals surface area contributed by atoms with Gasteiger partial charge in [0.25, 0.3) is 5.60 Å². The Morgan fingerprint density at radius 2 is 1.67 bits per heavy atom. The molecule has 0 unspecified atom stereocenters. The van der Waals surface area contributed by atoms with Crippen molar-refractivity contribution in [3.05, 3.63) is 41.5 Å². The van der Waals surface area contributed by atoms with Crippen LogP contribution in [0.25, 0.3) is 6.08 Å². The lowest BCUT2D eigenvalue weighted by Crippen LogP contribution is -2.46. The Morgan fingerprint density at radius 3 is 2.11 bits per heavy atom. The van der Waals surface area contributed by atoms with E-state index in [-0.39, 0.29) is 0 Å². The molecular formula is C13H14O5. The molecule has 3 N–H and O–H groups in total. The van der Waals surface area contributed by atoms with E-state index in [1.807, 2.05) is 6.07 Å². The van der Waals surface area contributed by atoms with Gasteiger partial charge in [-0.05, 0) is 12.5 Å². The van der Waals surface area contributed by atoms with Crippen molar-refractivity contribution in [2.24, 2.45) is 0 Å². The van der Waals surface area contributed by atoms with E-state index >= 15 is 0 Å². The van der Waals surface area contributed by atoms with Gasteiger partial charge in [-0.2, -0.15) is 0 Å². The van der Waals surface area contributed by atoms with E-state index in [0.717, 1.165) is 5.56 Å². The molecule has 96 valence electrons. The summed E-state index contributed by atoms with van der Waals surface area (Å²) in [6.07, 6.45) is 1.17. The summed E-state index contributed by atoms with van der Waals surface area (Å²) >= 11 is 0. The first-order valence-electron chi connectivity index (χ1n) is 5.27. The first-order chi connectivity index (χ1) is 8.36. The van der Waals surface area contributed by atoms with Crippen molar-refractivity contribution in [2.75, 3.05) is 0 Å². The third kappa shape index (κ3) is 3.18. The van der Waals surface area contributed by atoms with E-state index in [1.54, 1.807) is 37.3 Å². The van der Waals surface area contributed by atoms with Crippen LogP contribution in [0, 0.1) is 0 Å². The third-order valence-electron chi connectivity index (χ3n) is 2.45. The van der Waals surface area contributed by atoms with Gasteiger partial charge in [-0.3, -0.25) is 0 Å². The van der Waals surface area contributed by atoms with E-state index in [1.165, 1.54) is 0 Å². The van der Waals surface area contributed by atoms with Crippen LogP contribution in [0.3, 0.4) is 0 Å². The second kappa shape index (κ2) is 5.46. The van der Waals surface area contributed by atoms with Gasteiger partial charge < -0.3 is 15.3 Å². The van der Waals surface area contributed by atoms with Crippen molar-refractivity contribution < 1.29 is 24.9 Å². The van der Waals surface area contributed by atoms with Crippen LogP contribution in [0.1, 0.15) is 18.9 Å². The number of hydrogen-bond acceptors (Lipinski definition) is 3. The van der Waals surface area contributed by atoms with E-state index in [9.17, 15) is 14.7 Å². The van der Waals surface area contributed by atoms with Crippen molar-refractivity contribution in [2.45, 2.75) is 18.9 Å². The summed E-state index contributed by atoms with van der Waals surface area (Å²) in [5.41, 5.74) is -1.50. The summed E-state index contributed by atoms with van der Waals surface area (Å²) in [4.78, 5) is 21.6. The van der Waals surface area contributed by atoms with Gasteiger partial charge in [0, 0.05) is 6.42 Å². The van der Waals surface area contributed by atoms with Crippen molar-refractivity contribution in [3.8, 4) is 0 Å². The molecule has 5 nitrogen and oxygen atoms in total. The molecule has 0 saturated heterocycles. The molecule has 0 aliphatic heterocycles. The van der Waals surface area contributed by atoms with Crippen LogP contribution in [-0.4, -0.2) is 32.9 Å². The molecule has 0 bridgehead atoms. The van der Waals surface area contributed by atoms with Crippen molar-refractivity contribution in [1.82, 2.24) is 0 Å². The van der Waals surface area contributed by atoms with Crippen LogP contribution in [0.4, 0.5) is 0 Å². The standard InChI is InChI=1S/C13H14O5/c1-9(7-10-5-3-2-4-6-10)8-13(18,11(14)15)12(16)17/h2-7,18H,8H2,1H3,(H,14,15)(H,16,17)/b9-7+. The Labute approximate surface area is 104 Å². The lowest BCUT2D eigenvalue weighted by Gasteiger charge is -2.18. The molecule has 0 amide bonds. The molecule has 1 aromatic carbocycles. The highest BCUT2D eigenvalue weighted by Gasteiger charge is 2.44. The van der Waals surface area contributed by atoms with Crippen molar-refractivity contribution >= 4 is 18.0 Å². The van der Waals surface area contributed by atoms with Gasteiger partial charge in [0.05, 0.1) is 0 Å². The molecule has 0 saturated carbocycles. The number of benzene rings is 1. The van der Waals surface area contributed by atoms with Crippen molar-refractivity contribution in [1.29, 1.82) is 0 Å². The molecule has 0 radical (unpaired) electrons. The van der Waals surface area contributed by atoms with Crippen LogP contribution in [0.2, 0.25) is 0 Å². The predicted molar refractivity (Wildman–Crippen MR) is 64.9 cm³/mol. The predicted octanol–water partition coefficient (Wildman–Crippen LogP) is 1.38. The first-order valence-corrected chi connectivity index (χ1v) is 5.27. The molecule has 0 aromatic heterocycles. The number of hydrogen-bond donors (Lipinski definition) is 3. The fourth-order valence-corrected chi connectivity index (χ4v) is 1.53. The minimum absolute atomic E-state index is 0.466. The number of carboxylic acids is 2. The summed E-state index contributed by atoms with van der Waals surface area (Å²) in [6, 6.07) is 9.03. The van der Waals surface area contributed by atoms with Crippen LogP contribution < -0.4 is 0 Å². The van der Waals surface area contributed by atoms with Gasteiger partial charge in [-0.15, -0.1) is 0 Å². The van der Waals surface area contributed by atoms with Crippen LogP contribution in [0.15, 0.2) is 35.9 Å². The fraction of sp³-hybridized carbons (Fsp3) is 0.231. The Kier molecular flexibility index (Phi) is 4.23. The SMILES string of the molecule is C/C(=C\c1ccccc1)CC(O)(C(=O)O)C(=O)O. The maximum absolute atomic E-state index is 10.8. The van der Waals surface area contributed by atoms with Crippen molar-refractivity contribution in [3.63, 3.8) is 0 Å². The highest BCUT2D eigenvalue weighted by Crippen LogP contribution is 2.19. The monoisotopic (exact) mass is 250 g/mol. The van der Waals surface area contributed by atoms with E-state index in [2.05, 4.69) is 0 Å². The van der Waals surface area contributed by atoms with Gasteiger partial charge in [-0.25, -0.2) is 9.59 Å². The average Bonchev–Trinajstić information content (AvgIpc) is 2.29. The van der Waals surface area contributed by atoms with E-state index in [0.29, 0.717) is 5.57 Å². The molecule has 1 rings (SSSR count). The summed E-state index contributed by atoms with van der Waals surface area (Å²) < 4.78 is 0. The second-order valence-corrected chi connectivity index (χ2v) is 4.05. The van der Waals surface area contributed by atoms with Gasteiger partial charge in [-0.1, -0.05) is 42.0 Å². The molecule has 5 heteroatoms. The van der Waals surface area contributed by atoms with Gasteiger partial charge in [0.15, 0.2) is 0 Å². The molecule has 0 spiro atoms. The van der Waals surface area contributed by atoms with Crippen LogP contribution in [0.5, 0.6) is 0 Å². The molecule has 0 atom stereocenters. The summed E-state index contributed by atoms with van der Waals surface area (Å²) in [5, 5.41) is 27.1. The smallest absolute Gasteiger partial charge is 0.347 e. The van der Waals surface area contributed by atoms with Gasteiger partial charge in [0.2, 0.25) is 0 Å². The quantitative estimate of drug-likeness (QED) is 0.686. The van der Waals surface area contributed by atoms with Crippen LogP contribution in [-0.2, 0) is 9.59 Å². The molecule has 1 aromatic rings. The molecule has 18 heavy (non-hydrogen) atoms. The summed E-state index contributed by atoms with van der Waals surface area (Å²) in [5.74, 6) is -3.54. The molecule has 0 heterocycles. The maximum atomic E-state index is 10.8. The van der Waals surface area contributed by atoms with Gasteiger partial charge in [0.1, 0.15) is 0 Å². The lowest BCUT2D eigenvalue weighted by atomic mass is 9.94. The molecule has 0 aliphatic carbocycles. The first kappa shape index (κ1) is 13.9. The highest BCUT2D eigenvalue weighted by molar-refractivity contribution is 6.01. The second-order valence-electron chi connectivity index (χ2n) is 4.05. The zero-order chi connectivity index (χ0) is 13.8. The zero-order valence-electron chi connectivity index (χ0n) is 9.83. The van der Waals surface area contributed by atoms with E-state index < -0.39 is 24.0 Å². The van der Waals surface area contributed by atoms with Gasteiger partial charge >= 0.3 is 11.9 Å². The Balaban J connectivity index is 2.93. The largest absolute Gasteiger partial charge is 0.479 e. The topological polar surface area (TPSA) is 94.8 Å². The maximum Gasteiger partial charge on any atom is 0.347 e. The fourth-order valence-electron chi connectivity index (χ4n) is 1.53. The minimum Gasteiger partial charge on any atom is -0.479 e. The molecule has 0 fully saturated rings. The average molecular weight is 250 g/mol. The van der Waals surface area contributed by atoms with Crippen LogP contribution >= 0.6 is 0 Å². The lowest BCUT2D eigenvalue weighted by molar-refractivity contribution is -0.175. The minimum atomic E-state index is -2.78. The number of aliphatic carboxylic acids is 2. The number of carboxylic acid groups (broad SMARTS) is 2. The Hall–Kier alpha value is -2.14. The molecular weight excluding hydrogens is 236 g/mol. The third-order valence-corrected chi connectivity index (χ3v) is 2.45. The molecule has 0 aliphatic rings. The summed E-state index contributed by atoms with van der Waals surface area (Å²) in [7, 11) is 0. The Morgan fingerprint density at radius 1 is 1.17 bits per heavy atom. The number of carbonyl (C=O) groups is 2. The normalized spacial score (nSPS) is 12.2. The highest BCUT2D eigenvalue weighted by atomic mass is 16.4. The zero-order valence-corrected chi connectivity index (χ0v) is 9.83. The number of aliphatic hydroxyl groups is 1. The summed E-state index contributed by atoms with van der Waals surface area (Å²) in [6.45, 7) is 1.57.